The van der Waals surface area contributed by atoms with Crippen molar-refractivity contribution in [2.75, 3.05) is 13.3 Å². The fourth-order valence-corrected chi connectivity index (χ4v) is 0.626. The SMILES string of the molecule is CCOC(=O)NCNC(=O)OC(C)C. The first kappa shape index (κ1) is 12.5. The highest BCUT2D eigenvalue weighted by atomic mass is 16.6. The molecule has 2 amide bonds. The Morgan fingerprint density at radius 2 is 1.79 bits per heavy atom. The lowest BCUT2D eigenvalue weighted by Crippen LogP contribution is -2.38. The number of nitrogens with one attached hydrogen (secondary N) is 2. The summed E-state index contributed by atoms with van der Waals surface area (Å²) in [7, 11) is 0. The molecule has 0 radical (unpaired) electrons. The summed E-state index contributed by atoms with van der Waals surface area (Å²) in [5.41, 5.74) is 0. The largest absolute Gasteiger partial charge is 0.450 e. The molecule has 0 aliphatic carbocycles. The van der Waals surface area contributed by atoms with Gasteiger partial charge in [0.15, 0.2) is 0 Å². The van der Waals surface area contributed by atoms with Crippen molar-refractivity contribution >= 4 is 12.2 Å². The van der Waals surface area contributed by atoms with Gasteiger partial charge in [0.1, 0.15) is 0 Å². The zero-order valence-electron chi connectivity index (χ0n) is 8.62. The number of carbonyl (C=O) groups is 2. The predicted molar refractivity (Wildman–Crippen MR) is 49.8 cm³/mol. The molecule has 0 heterocycles. The topological polar surface area (TPSA) is 76.7 Å². The van der Waals surface area contributed by atoms with Gasteiger partial charge in [-0.3, -0.25) is 0 Å². The van der Waals surface area contributed by atoms with E-state index in [0.717, 1.165) is 0 Å². The van der Waals surface area contributed by atoms with Gasteiger partial charge in [0.2, 0.25) is 0 Å². The van der Waals surface area contributed by atoms with Crippen molar-refractivity contribution in [2.45, 2.75) is 26.9 Å². The van der Waals surface area contributed by atoms with E-state index < -0.39 is 12.2 Å². The zero-order valence-corrected chi connectivity index (χ0v) is 8.62. The zero-order chi connectivity index (χ0) is 11.0. The van der Waals surface area contributed by atoms with Crippen LogP contribution in [0, 0.1) is 0 Å². The molecule has 0 saturated heterocycles. The summed E-state index contributed by atoms with van der Waals surface area (Å²) in [6.07, 6.45) is -1.33. The molecule has 0 rings (SSSR count). The van der Waals surface area contributed by atoms with Gasteiger partial charge in [0.05, 0.1) is 19.4 Å². The lowest BCUT2D eigenvalue weighted by atomic mass is 10.5. The molecule has 14 heavy (non-hydrogen) atoms. The van der Waals surface area contributed by atoms with E-state index >= 15 is 0 Å². The molecule has 0 bridgehead atoms. The van der Waals surface area contributed by atoms with Crippen LogP contribution >= 0.6 is 0 Å². The normalized spacial score (nSPS) is 9.43. The van der Waals surface area contributed by atoms with Crippen LogP contribution in [0.4, 0.5) is 9.59 Å². The minimum Gasteiger partial charge on any atom is -0.450 e. The number of rotatable bonds is 4. The molecule has 6 nitrogen and oxygen atoms in total. The molecular formula is C8H16N2O4. The summed E-state index contributed by atoms with van der Waals surface area (Å²) in [4.78, 5) is 21.6. The van der Waals surface area contributed by atoms with Crippen LogP contribution in [0.2, 0.25) is 0 Å². The lowest BCUT2D eigenvalue weighted by Gasteiger charge is -2.09. The predicted octanol–water partition coefficient (Wildman–Crippen LogP) is 0.825. The first-order valence-corrected chi connectivity index (χ1v) is 4.41. The third-order valence-corrected chi connectivity index (χ3v) is 1.08. The van der Waals surface area contributed by atoms with Gasteiger partial charge in [-0.2, -0.15) is 0 Å². The van der Waals surface area contributed by atoms with Crippen LogP contribution in [0.5, 0.6) is 0 Å². The molecule has 0 aliphatic heterocycles. The molecule has 0 aromatic carbocycles. The Morgan fingerprint density at radius 3 is 2.29 bits per heavy atom. The molecule has 0 aromatic heterocycles. The molecule has 82 valence electrons. The van der Waals surface area contributed by atoms with Crippen LogP contribution in [0.3, 0.4) is 0 Å². The van der Waals surface area contributed by atoms with Crippen molar-refractivity contribution in [1.82, 2.24) is 10.6 Å². The van der Waals surface area contributed by atoms with E-state index in [1.54, 1.807) is 20.8 Å². The molecule has 0 saturated carbocycles. The average Bonchev–Trinajstić information content (AvgIpc) is 2.02. The van der Waals surface area contributed by atoms with Gasteiger partial charge in [-0.25, -0.2) is 9.59 Å². The van der Waals surface area contributed by atoms with E-state index in [2.05, 4.69) is 15.4 Å². The first-order chi connectivity index (χ1) is 6.56. The minimum atomic E-state index is -0.572. The Bertz CT molecular complexity index is 194. The van der Waals surface area contributed by atoms with Gasteiger partial charge < -0.3 is 20.1 Å². The maximum atomic E-state index is 10.9. The molecule has 0 fully saturated rings. The van der Waals surface area contributed by atoms with E-state index in [1.165, 1.54) is 0 Å². The van der Waals surface area contributed by atoms with E-state index in [1.807, 2.05) is 0 Å². The van der Waals surface area contributed by atoms with Crippen molar-refractivity contribution < 1.29 is 19.1 Å². The third-order valence-electron chi connectivity index (χ3n) is 1.08. The number of hydrogen-bond donors (Lipinski definition) is 2. The minimum absolute atomic E-state index is 0.00954. The van der Waals surface area contributed by atoms with Gasteiger partial charge >= 0.3 is 12.2 Å². The summed E-state index contributed by atoms with van der Waals surface area (Å²) in [5, 5.41) is 4.64. The van der Waals surface area contributed by atoms with Gasteiger partial charge in [0, 0.05) is 0 Å². The van der Waals surface area contributed by atoms with Gasteiger partial charge in [-0.15, -0.1) is 0 Å². The number of amides is 2. The highest BCUT2D eigenvalue weighted by molar-refractivity contribution is 5.70. The van der Waals surface area contributed by atoms with Crippen LogP contribution in [0.15, 0.2) is 0 Å². The van der Waals surface area contributed by atoms with Crippen molar-refractivity contribution in [2.24, 2.45) is 0 Å². The number of ether oxygens (including phenoxy) is 2. The fraction of sp³-hybridized carbons (Fsp3) is 0.750. The molecule has 0 atom stereocenters. The Kier molecular flexibility index (Phi) is 6.26. The molecule has 0 unspecified atom stereocenters. The Morgan fingerprint density at radius 1 is 1.21 bits per heavy atom. The average molecular weight is 204 g/mol. The summed E-state index contributed by atoms with van der Waals surface area (Å²) >= 11 is 0. The quantitative estimate of drug-likeness (QED) is 0.665. The summed E-state index contributed by atoms with van der Waals surface area (Å²) in [6, 6.07) is 0. The standard InChI is InChI=1S/C8H16N2O4/c1-4-13-7(11)9-5-10-8(12)14-6(2)3/h6H,4-5H2,1-3H3,(H,9,11)(H,10,12). The monoisotopic (exact) mass is 204 g/mol. The number of carbonyl (C=O) groups excluding carboxylic acids is 2. The van der Waals surface area contributed by atoms with Crippen LogP contribution in [-0.2, 0) is 9.47 Å². The number of hydrogen-bond acceptors (Lipinski definition) is 4. The molecule has 0 aliphatic rings. The van der Waals surface area contributed by atoms with Crippen molar-refractivity contribution in [3.63, 3.8) is 0 Å². The maximum absolute atomic E-state index is 10.9. The molecule has 6 heteroatoms. The molecular weight excluding hydrogens is 188 g/mol. The van der Waals surface area contributed by atoms with Crippen molar-refractivity contribution in [3.05, 3.63) is 0 Å². The second-order valence-corrected chi connectivity index (χ2v) is 2.70. The Hall–Kier alpha value is -1.46. The highest BCUT2D eigenvalue weighted by Gasteiger charge is 2.04. The maximum Gasteiger partial charge on any atom is 0.408 e. The van der Waals surface area contributed by atoms with Crippen molar-refractivity contribution in [1.29, 1.82) is 0 Å². The van der Waals surface area contributed by atoms with Gasteiger partial charge in [-0.05, 0) is 20.8 Å². The second kappa shape index (κ2) is 6.99. The molecule has 0 spiro atoms. The highest BCUT2D eigenvalue weighted by Crippen LogP contribution is 1.86. The summed E-state index contributed by atoms with van der Waals surface area (Å²) < 4.78 is 9.31. The molecule has 2 N–H and O–H groups in total. The fourth-order valence-electron chi connectivity index (χ4n) is 0.626. The van der Waals surface area contributed by atoms with Gasteiger partial charge in [0.25, 0.3) is 0 Å². The Labute approximate surface area is 82.9 Å². The third kappa shape index (κ3) is 7.20. The van der Waals surface area contributed by atoms with Crippen LogP contribution in [0.1, 0.15) is 20.8 Å². The van der Waals surface area contributed by atoms with Crippen LogP contribution in [-0.4, -0.2) is 31.6 Å². The Balaban J connectivity index is 3.44. The summed E-state index contributed by atoms with van der Waals surface area (Å²) in [5.74, 6) is 0. The first-order valence-electron chi connectivity index (χ1n) is 4.41. The number of alkyl carbamates (subject to hydrolysis) is 2. The van der Waals surface area contributed by atoms with E-state index in [0.29, 0.717) is 6.61 Å². The smallest absolute Gasteiger partial charge is 0.408 e. The summed E-state index contributed by atoms with van der Waals surface area (Å²) in [6.45, 7) is 5.45. The molecule has 0 aromatic rings. The lowest BCUT2D eigenvalue weighted by molar-refractivity contribution is 0.114. The van der Waals surface area contributed by atoms with Gasteiger partial charge in [-0.1, -0.05) is 0 Å². The second-order valence-electron chi connectivity index (χ2n) is 2.70. The van der Waals surface area contributed by atoms with Crippen molar-refractivity contribution in [3.8, 4) is 0 Å². The van der Waals surface area contributed by atoms with E-state index in [9.17, 15) is 9.59 Å². The van der Waals surface area contributed by atoms with E-state index in [-0.39, 0.29) is 12.8 Å². The van der Waals surface area contributed by atoms with Crippen LogP contribution < -0.4 is 10.6 Å². The van der Waals surface area contributed by atoms with Crippen LogP contribution in [0.25, 0.3) is 0 Å². The van der Waals surface area contributed by atoms with E-state index in [4.69, 9.17) is 4.74 Å².